The number of thiophene rings is 1. The van der Waals surface area contributed by atoms with Crippen molar-refractivity contribution in [1.82, 2.24) is 4.98 Å². The van der Waals surface area contributed by atoms with E-state index < -0.39 is 18.0 Å². The van der Waals surface area contributed by atoms with Gasteiger partial charge in [-0.15, -0.1) is 11.3 Å². The highest BCUT2D eigenvalue weighted by atomic mass is 32.1. The van der Waals surface area contributed by atoms with Crippen molar-refractivity contribution >= 4 is 50.6 Å². The topological polar surface area (TPSA) is 170 Å². The Morgan fingerprint density at radius 2 is 1.97 bits per heavy atom. The number of carbonyl (C=O) groups excluding carboxylic acids is 2. The Morgan fingerprint density at radius 3 is 2.52 bits per heavy atom. The molecule has 0 atom stereocenters. The number of amides is 2. The van der Waals surface area contributed by atoms with Crippen LogP contribution in [-0.2, 0) is 4.79 Å². The molecule has 9 nitrogen and oxygen atoms in total. The van der Waals surface area contributed by atoms with Crippen molar-refractivity contribution in [2.24, 2.45) is 5.73 Å². The molecule has 2 aromatic heterocycles. The standard InChI is InChI=1S/C18H13F3N6O3S/c1-30-9-3-2-6(4-8(9)26-17(29)18(19,20)21)10-7(5-22)14(24)27-16-11(10)12(23)13(31-16)15(25)28/h2-4H,23H2,1H3,(H2,24,27)(H2,25,28)(H,26,29). The van der Waals surface area contributed by atoms with Crippen molar-refractivity contribution in [1.29, 1.82) is 5.26 Å². The average molecular weight is 450 g/mol. The van der Waals surface area contributed by atoms with Gasteiger partial charge >= 0.3 is 12.1 Å². The van der Waals surface area contributed by atoms with Gasteiger partial charge in [0.1, 0.15) is 32.9 Å². The number of rotatable bonds is 4. The van der Waals surface area contributed by atoms with E-state index in [1.54, 1.807) is 5.32 Å². The first kappa shape index (κ1) is 21.7. The maximum Gasteiger partial charge on any atom is 0.471 e. The summed E-state index contributed by atoms with van der Waals surface area (Å²) in [5.41, 5.74) is 17.1. The van der Waals surface area contributed by atoms with Crippen LogP contribution in [0.3, 0.4) is 0 Å². The number of alkyl halides is 3. The van der Waals surface area contributed by atoms with Gasteiger partial charge < -0.3 is 27.3 Å². The number of methoxy groups -OCH3 is 1. The smallest absolute Gasteiger partial charge is 0.471 e. The number of anilines is 3. The largest absolute Gasteiger partial charge is 0.495 e. The Labute approximate surface area is 176 Å². The van der Waals surface area contributed by atoms with Gasteiger partial charge in [-0.3, -0.25) is 9.59 Å². The van der Waals surface area contributed by atoms with Gasteiger partial charge in [0.15, 0.2) is 0 Å². The minimum atomic E-state index is -5.14. The van der Waals surface area contributed by atoms with Crippen LogP contribution in [0.15, 0.2) is 18.2 Å². The van der Waals surface area contributed by atoms with Gasteiger partial charge in [0.05, 0.1) is 18.5 Å². The molecule has 0 radical (unpaired) electrons. The Morgan fingerprint density at radius 1 is 1.29 bits per heavy atom. The summed E-state index contributed by atoms with van der Waals surface area (Å²) >= 11 is 0.857. The third kappa shape index (κ3) is 3.76. The second kappa shape index (κ2) is 7.65. The molecule has 3 aromatic rings. The first-order valence-electron chi connectivity index (χ1n) is 8.27. The molecule has 0 bridgehead atoms. The Kier molecular flexibility index (Phi) is 5.34. The number of hydrogen-bond acceptors (Lipinski definition) is 8. The number of benzene rings is 1. The number of pyridine rings is 1. The SMILES string of the molecule is COc1ccc(-c2c(C#N)c(N)nc3sc(C(N)=O)c(N)c23)cc1NC(=O)C(F)(F)F. The number of ether oxygens (including phenoxy) is 1. The summed E-state index contributed by atoms with van der Waals surface area (Å²) in [5, 5.41) is 11.5. The van der Waals surface area contributed by atoms with E-state index in [4.69, 9.17) is 21.9 Å². The van der Waals surface area contributed by atoms with Crippen molar-refractivity contribution < 1.29 is 27.5 Å². The van der Waals surface area contributed by atoms with Crippen LogP contribution >= 0.6 is 11.3 Å². The third-order valence-electron chi connectivity index (χ3n) is 4.23. The van der Waals surface area contributed by atoms with Crippen molar-refractivity contribution in [3.05, 3.63) is 28.6 Å². The number of primary amides is 1. The molecule has 0 saturated carbocycles. The molecular formula is C18H13F3N6O3S. The summed E-state index contributed by atoms with van der Waals surface area (Å²) in [4.78, 5) is 27.4. The quantitative estimate of drug-likeness (QED) is 0.473. The Balaban J connectivity index is 2.33. The summed E-state index contributed by atoms with van der Waals surface area (Å²) in [6.45, 7) is 0. The molecule has 0 unspecified atom stereocenters. The number of nitrogens with one attached hydrogen (secondary N) is 1. The maximum atomic E-state index is 12.7. The predicted molar refractivity (Wildman–Crippen MR) is 108 cm³/mol. The second-order valence-electron chi connectivity index (χ2n) is 6.12. The number of nitrogens with two attached hydrogens (primary N) is 3. The summed E-state index contributed by atoms with van der Waals surface area (Å²) < 4.78 is 43.2. The van der Waals surface area contributed by atoms with Crippen molar-refractivity contribution in [2.45, 2.75) is 6.18 Å². The highest BCUT2D eigenvalue weighted by Crippen LogP contribution is 2.44. The first-order valence-corrected chi connectivity index (χ1v) is 9.09. The molecule has 0 fully saturated rings. The molecule has 0 aliphatic carbocycles. The summed E-state index contributed by atoms with van der Waals surface area (Å²) in [7, 11) is 1.21. The summed E-state index contributed by atoms with van der Waals surface area (Å²) in [6, 6.07) is 5.77. The number of nitrogen functional groups attached to an aromatic ring is 2. The maximum absolute atomic E-state index is 12.7. The van der Waals surface area contributed by atoms with Crippen molar-refractivity contribution in [2.75, 3.05) is 23.9 Å². The molecule has 2 amide bonds. The van der Waals surface area contributed by atoms with E-state index in [0.29, 0.717) is 0 Å². The van der Waals surface area contributed by atoms with E-state index in [0.717, 1.165) is 11.3 Å². The molecule has 0 aliphatic heterocycles. The molecule has 0 aliphatic rings. The van der Waals surface area contributed by atoms with Crippen LogP contribution in [0.1, 0.15) is 15.2 Å². The molecule has 0 spiro atoms. The highest BCUT2D eigenvalue weighted by Gasteiger charge is 2.39. The van der Waals surface area contributed by atoms with E-state index in [2.05, 4.69) is 4.98 Å². The summed E-state index contributed by atoms with van der Waals surface area (Å²) in [6.07, 6.45) is -5.14. The molecule has 31 heavy (non-hydrogen) atoms. The first-order chi connectivity index (χ1) is 14.5. The fourth-order valence-electron chi connectivity index (χ4n) is 2.91. The number of hydrogen-bond donors (Lipinski definition) is 4. The van der Waals surface area contributed by atoms with E-state index in [9.17, 15) is 28.0 Å². The average Bonchev–Trinajstić information content (AvgIpc) is 3.02. The van der Waals surface area contributed by atoms with Crippen LogP contribution in [0.25, 0.3) is 21.3 Å². The van der Waals surface area contributed by atoms with Crippen LogP contribution < -0.4 is 27.3 Å². The van der Waals surface area contributed by atoms with Crippen molar-refractivity contribution in [3.63, 3.8) is 0 Å². The fraction of sp³-hybridized carbons (Fsp3) is 0.111. The van der Waals surface area contributed by atoms with E-state index in [1.165, 1.54) is 25.3 Å². The van der Waals surface area contributed by atoms with Gasteiger partial charge in [0.25, 0.3) is 5.91 Å². The molecule has 7 N–H and O–H groups in total. The van der Waals surface area contributed by atoms with E-state index in [-0.39, 0.29) is 54.7 Å². The Hall–Kier alpha value is -4.05. The number of nitriles is 1. The van der Waals surface area contributed by atoms with Gasteiger partial charge in [-0.25, -0.2) is 4.98 Å². The van der Waals surface area contributed by atoms with Gasteiger partial charge in [0.2, 0.25) is 0 Å². The summed E-state index contributed by atoms with van der Waals surface area (Å²) in [5.74, 6) is -3.28. The molecule has 2 heterocycles. The Bertz CT molecular complexity index is 1280. The number of carbonyl (C=O) groups is 2. The van der Waals surface area contributed by atoms with Gasteiger partial charge in [-0.05, 0) is 17.7 Å². The lowest BCUT2D eigenvalue weighted by Crippen LogP contribution is -2.30. The number of halogens is 3. The zero-order valence-electron chi connectivity index (χ0n) is 15.6. The van der Waals surface area contributed by atoms with Crippen LogP contribution in [-0.4, -0.2) is 30.1 Å². The van der Waals surface area contributed by atoms with Gasteiger partial charge in [-0.1, -0.05) is 6.07 Å². The van der Waals surface area contributed by atoms with Crippen molar-refractivity contribution in [3.8, 4) is 22.9 Å². The van der Waals surface area contributed by atoms with Crippen LogP contribution in [0.4, 0.5) is 30.4 Å². The normalized spacial score (nSPS) is 11.2. The van der Waals surface area contributed by atoms with Crippen LogP contribution in [0, 0.1) is 11.3 Å². The number of fused-ring (bicyclic) bond motifs is 1. The fourth-order valence-corrected chi connectivity index (χ4v) is 3.87. The second-order valence-corrected chi connectivity index (χ2v) is 7.11. The lowest BCUT2D eigenvalue weighted by atomic mass is 9.96. The van der Waals surface area contributed by atoms with Gasteiger partial charge in [0, 0.05) is 10.9 Å². The molecule has 13 heteroatoms. The molecular weight excluding hydrogens is 437 g/mol. The lowest BCUT2D eigenvalue weighted by molar-refractivity contribution is -0.167. The molecule has 160 valence electrons. The zero-order chi connectivity index (χ0) is 23.1. The highest BCUT2D eigenvalue weighted by molar-refractivity contribution is 7.21. The zero-order valence-corrected chi connectivity index (χ0v) is 16.4. The van der Waals surface area contributed by atoms with E-state index >= 15 is 0 Å². The molecule has 0 saturated heterocycles. The molecule has 1 aromatic carbocycles. The predicted octanol–water partition coefficient (Wildman–Crippen LogP) is 2.61. The third-order valence-corrected chi connectivity index (χ3v) is 5.35. The number of aromatic nitrogens is 1. The number of nitrogens with zero attached hydrogens (tertiary/aromatic N) is 2. The lowest BCUT2D eigenvalue weighted by Gasteiger charge is -2.15. The van der Waals surface area contributed by atoms with E-state index in [1.807, 2.05) is 6.07 Å². The monoisotopic (exact) mass is 450 g/mol. The molecule has 3 rings (SSSR count). The van der Waals surface area contributed by atoms with Crippen LogP contribution in [0.5, 0.6) is 5.75 Å². The minimum Gasteiger partial charge on any atom is -0.495 e. The van der Waals surface area contributed by atoms with Crippen LogP contribution in [0.2, 0.25) is 0 Å². The van der Waals surface area contributed by atoms with Gasteiger partial charge in [-0.2, -0.15) is 18.4 Å². The minimum absolute atomic E-state index is 0.0163.